The van der Waals surface area contributed by atoms with E-state index in [0.717, 1.165) is 25.7 Å². The van der Waals surface area contributed by atoms with Crippen LogP contribution < -0.4 is 0 Å². The van der Waals surface area contributed by atoms with Crippen molar-refractivity contribution in [2.45, 2.75) is 70.1 Å². The fraction of sp³-hybridized carbons (Fsp3) is 0.933. The Morgan fingerprint density at radius 3 is 2.63 bits per heavy atom. The second kappa shape index (κ2) is 4.19. The molecule has 8 unspecified atom stereocenters. The predicted octanol–water partition coefficient (Wildman–Crippen LogP) is 1.91. The molecule has 0 spiro atoms. The maximum absolute atomic E-state index is 12.3. The van der Waals surface area contributed by atoms with Gasteiger partial charge in [-0.1, -0.05) is 13.8 Å². The first-order valence-electron chi connectivity index (χ1n) is 7.65. The topological polar surface area (TPSA) is 51.4 Å². The summed E-state index contributed by atoms with van der Waals surface area (Å²) >= 11 is 0. The van der Waals surface area contributed by atoms with E-state index < -0.39 is 0 Å². The van der Waals surface area contributed by atoms with Gasteiger partial charge >= 0.3 is 5.97 Å². The molecule has 2 heterocycles. The molecule has 0 aromatic heterocycles. The molecule has 2 aliphatic heterocycles. The highest BCUT2D eigenvalue weighted by atomic mass is 16.6. The monoisotopic (exact) mass is 266 g/mol. The third-order valence-electron chi connectivity index (χ3n) is 5.34. The van der Waals surface area contributed by atoms with Gasteiger partial charge in [-0.25, -0.2) is 0 Å². The molecular formula is C15H22O4. The number of carbonyl (C=O) groups is 1. The molecule has 106 valence electrons. The first-order chi connectivity index (χ1) is 9.13. The second-order valence-electron chi connectivity index (χ2n) is 6.88. The van der Waals surface area contributed by atoms with Crippen molar-refractivity contribution in [3.05, 3.63) is 0 Å². The average Bonchev–Trinajstić information content (AvgIpc) is 3.24. The van der Waals surface area contributed by atoms with E-state index in [-0.39, 0.29) is 24.1 Å². The number of ether oxygens (including phenoxy) is 3. The molecule has 0 aromatic rings. The zero-order chi connectivity index (χ0) is 13.1. The van der Waals surface area contributed by atoms with Gasteiger partial charge in [0.25, 0.3) is 0 Å². The molecule has 0 bridgehead atoms. The molecule has 2 saturated carbocycles. The Morgan fingerprint density at radius 2 is 1.84 bits per heavy atom. The number of hydrogen-bond acceptors (Lipinski definition) is 4. The Balaban J connectivity index is 1.37. The third kappa shape index (κ3) is 2.09. The molecule has 0 N–H and O–H groups in total. The van der Waals surface area contributed by atoms with Crippen LogP contribution in [0.3, 0.4) is 0 Å². The lowest BCUT2D eigenvalue weighted by atomic mass is 9.81. The first-order valence-corrected chi connectivity index (χ1v) is 7.65. The van der Waals surface area contributed by atoms with E-state index in [1.807, 2.05) is 0 Å². The van der Waals surface area contributed by atoms with Crippen LogP contribution in [0, 0.1) is 17.8 Å². The SMILES string of the molecule is CC1CC(C)C2OC2C1OC(=O)C1CCC2OC2C1. The number of fused-ring (bicyclic) bond motifs is 2. The van der Waals surface area contributed by atoms with Gasteiger partial charge in [0.1, 0.15) is 12.2 Å². The van der Waals surface area contributed by atoms with Gasteiger partial charge < -0.3 is 14.2 Å². The van der Waals surface area contributed by atoms with Gasteiger partial charge in [0.15, 0.2) is 0 Å². The summed E-state index contributed by atoms with van der Waals surface area (Å²) in [6.07, 6.45) is 5.14. The summed E-state index contributed by atoms with van der Waals surface area (Å²) in [5.74, 6) is 1.04. The van der Waals surface area contributed by atoms with Crippen LogP contribution in [-0.2, 0) is 19.0 Å². The van der Waals surface area contributed by atoms with Gasteiger partial charge in [0.2, 0.25) is 0 Å². The smallest absolute Gasteiger partial charge is 0.309 e. The number of epoxide rings is 2. The molecule has 19 heavy (non-hydrogen) atoms. The molecule has 4 fully saturated rings. The largest absolute Gasteiger partial charge is 0.459 e. The van der Waals surface area contributed by atoms with Crippen molar-refractivity contribution in [3.63, 3.8) is 0 Å². The van der Waals surface area contributed by atoms with Crippen LogP contribution in [0.4, 0.5) is 0 Å². The van der Waals surface area contributed by atoms with Crippen LogP contribution in [0.2, 0.25) is 0 Å². The normalized spacial score (nSPS) is 54.8. The van der Waals surface area contributed by atoms with Crippen molar-refractivity contribution in [2.75, 3.05) is 0 Å². The van der Waals surface area contributed by atoms with E-state index in [4.69, 9.17) is 14.2 Å². The van der Waals surface area contributed by atoms with E-state index >= 15 is 0 Å². The maximum atomic E-state index is 12.3. The lowest BCUT2D eigenvalue weighted by molar-refractivity contribution is -0.159. The van der Waals surface area contributed by atoms with Crippen molar-refractivity contribution >= 4 is 5.97 Å². The number of carbonyl (C=O) groups excluding carboxylic acids is 1. The second-order valence-corrected chi connectivity index (χ2v) is 6.88. The van der Waals surface area contributed by atoms with E-state index in [2.05, 4.69) is 13.8 Å². The van der Waals surface area contributed by atoms with E-state index in [9.17, 15) is 4.79 Å². The predicted molar refractivity (Wildman–Crippen MR) is 67.5 cm³/mol. The molecule has 2 saturated heterocycles. The van der Waals surface area contributed by atoms with Crippen LogP contribution in [0.15, 0.2) is 0 Å². The minimum Gasteiger partial charge on any atom is -0.459 e. The van der Waals surface area contributed by atoms with Gasteiger partial charge in [0, 0.05) is 0 Å². The summed E-state index contributed by atoms with van der Waals surface area (Å²) in [6.45, 7) is 4.40. The highest BCUT2D eigenvalue weighted by Gasteiger charge is 2.56. The summed E-state index contributed by atoms with van der Waals surface area (Å²) in [4.78, 5) is 12.3. The average molecular weight is 266 g/mol. The Labute approximate surface area is 113 Å². The van der Waals surface area contributed by atoms with Crippen LogP contribution in [0.25, 0.3) is 0 Å². The van der Waals surface area contributed by atoms with Crippen molar-refractivity contribution in [3.8, 4) is 0 Å². The highest BCUT2D eigenvalue weighted by molar-refractivity contribution is 5.73. The molecular weight excluding hydrogens is 244 g/mol. The van der Waals surface area contributed by atoms with E-state index in [1.165, 1.54) is 0 Å². The van der Waals surface area contributed by atoms with Gasteiger partial charge in [-0.05, 0) is 37.5 Å². The van der Waals surface area contributed by atoms with E-state index in [1.54, 1.807) is 0 Å². The zero-order valence-corrected chi connectivity index (χ0v) is 11.6. The van der Waals surface area contributed by atoms with E-state index in [0.29, 0.717) is 30.1 Å². The van der Waals surface area contributed by atoms with Gasteiger partial charge in [-0.15, -0.1) is 0 Å². The Bertz CT molecular complexity index is 394. The number of rotatable bonds is 2. The van der Waals surface area contributed by atoms with Crippen LogP contribution in [-0.4, -0.2) is 36.5 Å². The quantitative estimate of drug-likeness (QED) is 0.566. The maximum Gasteiger partial charge on any atom is 0.309 e. The van der Waals surface area contributed by atoms with Gasteiger partial charge in [0.05, 0.1) is 24.2 Å². The summed E-state index contributed by atoms with van der Waals surface area (Å²) in [6, 6.07) is 0. The molecule has 4 nitrogen and oxygen atoms in total. The van der Waals surface area contributed by atoms with Gasteiger partial charge in [-0.3, -0.25) is 4.79 Å². The van der Waals surface area contributed by atoms with Crippen molar-refractivity contribution in [1.82, 2.24) is 0 Å². The summed E-state index contributed by atoms with van der Waals surface area (Å²) in [5.41, 5.74) is 0. The van der Waals surface area contributed by atoms with Crippen molar-refractivity contribution in [1.29, 1.82) is 0 Å². The molecule has 4 heteroatoms. The fourth-order valence-electron chi connectivity index (χ4n) is 4.07. The molecule has 0 aromatic carbocycles. The van der Waals surface area contributed by atoms with Crippen LogP contribution >= 0.6 is 0 Å². The third-order valence-corrected chi connectivity index (χ3v) is 5.34. The molecule has 0 radical (unpaired) electrons. The number of hydrogen-bond donors (Lipinski definition) is 0. The van der Waals surface area contributed by atoms with Crippen molar-refractivity contribution in [2.24, 2.45) is 17.8 Å². The summed E-state index contributed by atoms with van der Waals surface area (Å²) in [5, 5.41) is 0. The van der Waals surface area contributed by atoms with Crippen molar-refractivity contribution < 1.29 is 19.0 Å². The standard InChI is InChI=1S/C15H22O4/c1-7-5-8(2)13(14-12(7)18-14)19-15(16)9-3-4-10-11(6-9)17-10/h7-14H,3-6H2,1-2H3. The zero-order valence-electron chi connectivity index (χ0n) is 11.6. The molecule has 2 aliphatic carbocycles. The highest BCUT2D eigenvalue weighted by Crippen LogP contribution is 2.45. The molecule has 4 rings (SSSR count). The first kappa shape index (κ1) is 12.2. The molecule has 4 aliphatic rings. The Hall–Kier alpha value is -0.610. The Morgan fingerprint density at radius 1 is 1.00 bits per heavy atom. The Kier molecular flexibility index (Phi) is 2.68. The minimum atomic E-state index is -0.0217. The van der Waals surface area contributed by atoms with Crippen LogP contribution in [0.1, 0.15) is 39.5 Å². The minimum absolute atomic E-state index is 0.0189. The summed E-state index contributed by atoms with van der Waals surface area (Å²) in [7, 11) is 0. The van der Waals surface area contributed by atoms with Crippen LogP contribution in [0.5, 0.6) is 0 Å². The molecule has 0 amide bonds. The fourth-order valence-corrected chi connectivity index (χ4v) is 4.07. The lowest BCUT2D eigenvalue weighted by Gasteiger charge is -2.30. The molecule has 8 atom stereocenters. The lowest BCUT2D eigenvalue weighted by Crippen LogP contribution is -2.39. The number of esters is 1. The summed E-state index contributed by atoms with van der Waals surface area (Å²) < 4.78 is 17.0. The van der Waals surface area contributed by atoms with Gasteiger partial charge in [-0.2, -0.15) is 0 Å².